The number of carbonyl (C=O) groups is 1. The lowest BCUT2D eigenvalue weighted by atomic mass is 10.2. The van der Waals surface area contributed by atoms with Crippen molar-refractivity contribution in [1.29, 1.82) is 0 Å². The summed E-state index contributed by atoms with van der Waals surface area (Å²) in [5, 5.41) is 1.19. The Balaban J connectivity index is 2.88. The maximum absolute atomic E-state index is 11.2. The average Bonchev–Trinajstić information content (AvgIpc) is 2.15. The highest BCUT2D eigenvalue weighted by Crippen LogP contribution is 2.13. The minimum Gasteiger partial charge on any atom is -0.273 e. The van der Waals surface area contributed by atoms with Crippen LogP contribution in [0.3, 0.4) is 0 Å². The van der Waals surface area contributed by atoms with Crippen LogP contribution in [-0.4, -0.2) is 5.91 Å². The monoisotopic (exact) mass is 178 g/mol. The number of hydrogen-bond acceptors (Lipinski definition) is 2. The molecule has 0 aromatic heterocycles. The van der Waals surface area contributed by atoms with Crippen LogP contribution in [0.2, 0.25) is 0 Å². The van der Waals surface area contributed by atoms with Crippen molar-refractivity contribution >= 4 is 11.6 Å². The Kier molecular flexibility index (Phi) is 3.03. The van der Waals surface area contributed by atoms with Gasteiger partial charge in [0, 0.05) is 6.42 Å². The number of rotatable bonds is 2. The van der Waals surface area contributed by atoms with Gasteiger partial charge in [-0.15, -0.1) is 0 Å². The molecule has 3 nitrogen and oxygen atoms in total. The molecule has 0 heterocycles. The van der Waals surface area contributed by atoms with E-state index in [0.29, 0.717) is 6.42 Å². The topological polar surface area (TPSA) is 46.3 Å². The van der Waals surface area contributed by atoms with Crippen LogP contribution in [0.4, 0.5) is 5.69 Å². The molecule has 0 radical (unpaired) electrons. The van der Waals surface area contributed by atoms with Crippen molar-refractivity contribution in [2.24, 2.45) is 5.84 Å². The lowest BCUT2D eigenvalue weighted by Gasteiger charge is -2.15. The molecule has 1 aromatic rings. The minimum absolute atomic E-state index is 0.0781. The molecule has 0 fully saturated rings. The molecule has 1 amide bonds. The van der Waals surface area contributed by atoms with Crippen LogP contribution in [-0.2, 0) is 4.79 Å². The first-order chi connectivity index (χ1) is 6.15. The second-order valence-corrected chi connectivity index (χ2v) is 2.96. The maximum atomic E-state index is 11.2. The van der Waals surface area contributed by atoms with Crippen LogP contribution in [0.5, 0.6) is 0 Å². The van der Waals surface area contributed by atoms with E-state index < -0.39 is 0 Å². The molecule has 0 atom stereocenters. The number of aryl methyl sites for hydroxylation is 1. The van der Waals surface area contributed by atoms with Gasteiger partial charge in [0.1, 0.15) is 0 Å². The van der Waals surface area contributed by atoms with Gasteiger partial charge in [-0.3, -0.25) is 4.79 Å². The van der Waals surface area contributed by atoms with Crippen LogP contribution in [0, 0.1) is 6.92 Å². The molecule has 0 aliphatic heterocycles. The molecule has 13 heavy (non-hydrogen) atoms. The first kappa shape index (κ1) is 9.74. The van der Waals surface area contributed by atoms with Gasteiger partial charge in [0.15, 0.2) is 0 Å². The number of carbonyl (C=O) groups excluding carboxylic acids is 1. The van der Waals surface area contributed by atoms with Gasteiger partial charge in [0.05, 0.1) is 5.69 Å². The Morgan fingerprint density at radius 1 is 1.54 bits per heavy atom. The number of amides is 1. The smallest absolute Gasteiger partial charge is 0.240 e. The molecular weight excluding hydrogens is 164 g/mol. The first-order valence-corrected chi connectivity index (χ1v) is 4.29. The largest absolute Gasteiger partial charge is 0.273 e. The molecule has 1 aromatic carbocycles. The molecule has 0 saturated carbocycles. The summed E-state index contributed by atoms with van der Waals surface area (Å²) >= 11 is 0. The van der Waals surface area contributed by atoms with Crippen molar-refractivity contribution in [3.8, 4) is 0 Å². The molecule has 0 aliphatic carbocycles. The summed E-state index contributed by atoms with van der Waals surface area (Å²) in [6.45, 7) is 3.76. The van der Waals surface area contributed by atoms with Crippen molar-refractivity contribution in [2.45, 2.75) is 20.3 Å². The zero-order valence-corrected chi connectivity index (χ0v) is 7.95. The Morgan fingerprint density at radius 3 is 2.77 bits per heavy atom. The number of nitrogens with zero attached hydrogens (tertiary/aromatic N) is 1. The van der Waals surface area contributed by atoms with E-state index in [2.05, 4.69) is 0 Å². The minimum atomic E-state index is -0.0781. The van der Waals surface area contributed by atoms with Gasteiger partial charge in [-0.25, -0.2) is 10.9 Å². The van der Waals surface area contributed by atoms with Crippen LogP contribution in [0.15, 0.2) is 24.3 Å². The number of anilines is 1. The first-order valence-electron chi connectivity index (χ1n) is 4.29. The summed E-state index contributed by atoms with van der Waals surface area (Å²) in [5.41, 5.74) is 1.84. The van der Waals surface area contributed by atoms with Crippen molar-refractivity contribution in [2.75, 3.05) is 5.01 Å². The quantitative estimate of drug-likeness (QED) is 0.425. The van der Waals surface area contributed by atoms with Crippen LogP contribution in [0.25, 0.3) is 0 Å². The molecule has 70 valence electrons. The highest BCUT2D eigenvalue weighted by atomic mass is 16.2. The zero-order valence-electron chi connectivity index (χ0n) is 7.95. The summed E-state index contributed by atoms with van der Waals surface area (Å²) in [5.74, 6) is 5.52. The number of nitrogens with two attached hydrogens (primary N) is 1. The summed E-state index contributed by atoms with van der Waals surface area (Å²) in [6.07, 6.45) is 0.421. The fourth-order valence-electron chi connectivity index (χ4n) is 1.09. The summed E-state index contributed by atoms with van der Waals surface area (Å²) in [7, 11) is 0. The van der Waals surface area contributed by atoms with Gasteiger partial charge < -0.3 is 0 Å². The van der Waals surface area contributed by atoms with Crippen molar-refractivity contribution < 1.29 is 4.79 Å². The van der Waals surface area contributed by atoms with E-state index in [1.165, 1.54) is 5.01 Å². The Labute approximate surface area is 78.1 Å². The van der Waals surface area contributed by atoms with E-state index in [-0.39, 0.29) is 5.91 Å². The lowest BCUT2D eigenvalue weighted by Crippen LogP contribution is -2.36. The number of benzene rings is 1. The van der Waals surface area contributed by atoms with Gasteiger partial charge in [-0.2, -0.15) is 0 Å². The second kappa shape index (κ2) is 4.05. The third-order valence-electron chi connectivity index (χ3n) is 1.85. The summed E-state index contributed by atoms with van der Waals surface area (Å²) < 4.78 is 0. The van der Waals surface area contributed by atoms with Crippen molar-refractivity contribution in [3.63, 3.8) is 0 Å². The second-order valence-electron chi connectivity index (χ2n) is 2.96. The van der Waals surface area contributed by atoms with E-state index in [4.69, 9.17) is 5.84 Å². The highest BCUT2D eigenvalue weighted by molar-refractivity contribution is 5.91. The van der Waals surface area contributed by atoms with E-state index in [1.807, 2.05) is 31.2 Å². The normalized spacial score (nSPS) is 9.77. The fourth-order valence-corrected chi connectivity index (χ4v) is 1.09. The molecule has 0 bridgehead atoms. The average molecular weight is 178 g/mol. The fraction of sp³-hybridized carbons (Fsp3) is 0.300. The molecular formula is C10H14N2O. The van der Waals surface area contributed by atoms with Gasteiger partial charge in [-0.1, -0.05) is 19.1 Å². The molecule has 3 heteroatoms. The zero-order chi connectivity index (χ0) is 9.84. The standard InChI is InChI=1S/C10H14N2O/c1-3-10(13)12(11)9-6-4-5-8(2)7-9/h4-7H,3,11H2,1-2H3. The van der Waals surface area contributed by atoms with E-state index in [0.717, 1.165) is 11.3 Å². The molecule has 0 spiro atoms. The van der Waals surface area contributed by atoms with Gasteiger partial charge in [0.2, 0.25) is 5.91 Å². The van der Waals surface area contributed by atoms with E-state index in [9.17, 15) is 4.79 Å². The summed E-state index contributed by atoms with van der Waals surface area (Å²) in [6, 6.07) is 7.55. The van der Waals surface area contributed by atoms with Crippen LogP contribution in [0.1, 0.15) is 18.9 Å². The van der Waals surface area contributed by atoms with Crippen LogP contribution < -0.4 is 10.9 Å². The third kappa shape index (κ3) is 2.29. The van der Waals surface area contributed by atoms with E-state index >= 15 is 0 Å². The Bertz CT molecular complexity index is 310. The van der Waals surface area contributed by atoms with Crippen molar-refractivity contribution in [1.82, 2.24) is 0 Å². The molecule has 2 N–H and O–H groups in total. The number of hydrogen-bond donors (Lipinski definition) is 1. The predicted molar refractivity (Wildman–Crippen MR) is 53.1 cm³/mol. The Hall–Kier alpha value is -1.35. The highest BCUT2D eigenvalue weighted by Gasteiger charge is 2.08. The third-order valence-corrected chi connectivity index (χ3v) is 1.85. The maximum Gasteiger partial charge on any atom is 0.240 e. The van der Waals surface area contributed by atoms with Gasteiger partial charge in [0.25, 0.3) is 0 Å². The molecule has 0 aliphatic rings. The lowest BCUT2D eigenvalue weighted by molar-refractivity contribution is -0.118. The van der Waals surface area contributed by atoms with Crippen molar-refractivity contribution in [3.05, 3.63) is 29.8 Å². The number of hydrazine groups is 1. The van der Waals surface area contributed by atoms with Crippen LogP contribution >= 0.6 is 0 Å². The van der Waals surface area contributed by atoms with Gasteiger partial charge in [-0.05, 0) is 24.6 Å². The molecule has 0 unspecified atom stereocenters. The predicted octanol–water partition coefficient (Wildman–Crippen LogP) is 1.61. The molecule has 1 rings (SSSR count). The SMILES string of the molecule is CCC(=O)N(N)c1cccc(C)c1. The van der Waals surface area contributed by atoms with Gasteiger partial charge >= 0.3 is 0 Å². The van der Waals surface area contributed by atoms with E-state index in [1.54, 1.807) is 6.92 Å². The molecule has 0 saturated heterocycles. The summed E-state index contributed by atoms with van der Waals surface area (Å²) in [4.78, 5) is 11.2. The Morgan fingerprint density at radius 2 is 2.23 bits per heavy atom.